The van der Waals surface area contributed by atoms with Crippen molar-refractivity contribution in [1.82, 2.24) is 4.57 Å². The van der Waals surface area contributed by atoms with Gasteiger partial charge >= 0.3 is 12.1 Å². The minimum absolute atomic E-state index is 0.0184. The summed E-state index contributed by atoms with van der Waals surface area (Å²) < 4.78 is 44.6. The molecule has 1 aromatic heterocycles. The lowest BCUT2D eigenvalue weighted by Crippen LogP contribution is -2.29. The molecule has 31 heavy (non-hydrogen) atoms. The molecule has 6 nitrogen and oxygen atoms in total. The first-order valence-corrected chi connectivity index (χ1v) is 9.72. The van der Waals surface area contributed by atoms with Crippen LogP contribution in [-0.4, -0.2) is 28.8 Å². The molecule has 8 heteroatoms. The quantitative estimate of drug-likeness (QED) is 0.502. The van der Waals surface area contributed by atoms with Crippen LogP contribution in [0.1, 0.15) is 43.7 Å². The standard InChI is InChI=1S/C23H23F2NO5/c1-5-29-21(27)18-11-14-7-6-8-19(20(14)26(18)22(28)31-23(2,3)4)30-13-15-9-10-16(24)12-17(15)25/h6-12H,5,13H2,1-4H3. The van der Waals surface area contributed by atoms with Gasteiger partial charge < -0.3 is 14.2 Å². The number of halogens is 2. The lowest BCUT2D eigenvalue weighted by molar-refractivity contribution is 0.0453. The number of carbonyl (C=O) groups excluding carboxylic acids is 2. The second-order valence-corrected chi connectivity index (χ2v) is 7.78. The second-order valence-electron chi connectivity index (χ2n) is 7.78. The largest absolute Gasteiger partial charge is 0.487 e. The molecule has 1 heterocycles. The van der Waals surface area contributed by atoms with Gasteiger partial charge in [0.1, 0.15) is 40.8 Å². The van der Waals surface area contributed by atoms with Gasteiger partial charge in [-0.05, 0) is 52.0 Å². The minimum Gasteiger partial charge on any atom is -0.487 e. The van der Waals surface area contributed by atoms with Crippen LogP contribution in [0.5, 0.6) is 5.75 Å². The third-order valence-corrected chi connectivity index (χ3v) is 4.25. The fourth-order valence-corrected chi connectivity index (χ4v) is 2.99. The molecule has 0 radical (unpaired) electrons. The summed E-state index contributed by atoms with van der Waals surface area (Å²) >= 11 is 0. The van der Waals surface area contributed by atoms with Crippen LogP contribution in [0.4, 0.5) is 13.6 Å². The third-order valence-electron chi connectivity index (χ3n) is 4.25. The van der Waals surface area contributed by atoms with E-state index in [2.05, 4.69) is 0 Å². The first kappa shape index (κ1) is 22.3. The number of rotatable bonds is 5. The summed E-state index contributed by atoms with van der Waals surface area (Å²) in [6, 6.07) is 9.63. The Kier molecular flexibility index (Phi) is 6.29. The van der Waals surface area contributed by atoms with Gasteiger partial charge in [-0.25, -0.2) is 22.9 Å². The van der Waals surface area contributed by atoms with E-state index in [4.69, 9.17) is 14.2 Å². The molecule has 0 aliphatic rings. The Morgan fingerprint density at radius 2 is 1.81 bits per heavy atom. The van der Waals surface area contributed by atoms with Gasteiger partial charge in [-0.15, -0.1) is 0 Å². The molecule has 0 fully saturated rings. The van der Waals surface area contributed by atoms with Crippen molar-refractivity contribution in [2.75, 3.05) is 6.61 Å². The van der Waals surface area contributed by atoms with Crippen molar-refractivity contribution in [2.45, 2.75) is 39.9 Å². The monoisotopic (exact) mass is 431 g/mol. The Morgan fingerprint density at radius 1 is 1.06 bits per heavy atom. The molecule has 164 valence electrons. The van der Waals surface area contributed by atoms with E-state index in [1.807, 2.05) is 0 Å². The van der Waals surface area contributed by atoms with Crippen LogP contribution in [0.15, 0.2) is 42.5 Å². The van der Waals surface area contributed by atoms with Crippen LogP contribution in [-0.2, 0) is 16.1 Å². The van der Waals surface area contributed by atoms with Crippen molar-refractivity contribution < 1.29 is 32.6 Å². The molecule has 0 unspecified atom stereocenters. The average molecular weight is 431 g/mol. The maximum atomic E-state index is 14.0. The highest BCUT2D eigenvalue weighted by Gasteiger charge is 2.27. The number of benzene rings is 2. The summed E-state index contributed by atoms with van der Waals surface area (Å²) in [6.45, 7) is 6.69. The molecule has 0 aliphatic carbocycles. The SMILES string of the molecule is CCOC(=O)c1cc2cccc(OCc3ccc(F)cc3F)c2n1C(=O)OC(C)(C)C. The molecular formula is C23H23F2NO5. The number of aromatic nitrogens is 1. The van der Waals surface area contributed by atoms with Crippen molar-refractivity contribution in [1.29, 1.82) is 0 Å². The van der Waals surface area contributed by atoms with Crippen LogP contribution in [0.3, 0.4) is 0 Å². The summed E-state index contributed by atoms with van der Waals surface area (Å²) in [5.74, 6) is -1.91. The van der Waals surface area contributed by atoms with Gasteiger partial charge in [0.25, 0.3) is 0 Å². The van der Waals surface area contributed by atoms with Gasteiger partial charge in [-0.1, -0.05) is 12.1 Å². The molecule has 0 N–H and O–H groups in total. The Balaban J connectivity index is 2.07. The van der Waals surface area contributed by atoms with Gasteiger partial charge in [-0.2, -0.15) is 0 Å². The van der Waals surface area contributed by atoms with E-state index in [0.717, 1.165) is 16.7 Å². The van der Waals surface area contributed by atoms with Crippen molar-refractivity contribution in [2.24, 2.45) is 0 Å². The molecule has 0 atom stereocenters. The van der Waals surface area contributed by atoms with Crippen molar-refractivity contribution in [3.8, 4) is 5.75 Å². The fraction of sp³-hybridized carbons (Fsp3) is 0.304. The van der Waals surface area contributed by atoms with Crippen molar-refractivity contribution in [3.63, 3.8) is 0 Å². The predicted octanol–water partition coefficient (Wildman–Crippen LogP) is 5.46. The lowest BCUT2D eigenvalue weighted by Gasteiger charge is -2.21. The van der Waals surface area contributed by atoms with Gasteiger partial charge in [-0.3, -0.25) is 0 Å². The number of fused-ring (bicyclic) bond motifs is 1. The molecule has 3 rings (SSSR count). The number of esters is 1. The summed E-state index contributed by atoms with van der Waals surface area (Å²) in [5.41, 5.74) is -0.413. The predicted molar refractivity (Wildman–Crippen MR) is 110 cm³/mol. The maximum Gasteiger partial charge on any atom is 0.419 e. The van der Waals surface area contributed by atoms with E-state index in [1.165, 1.54) is 12.1 Å². The van der Waals surface area contributed by atoms with Crippen LogP contribution >= 0.6 is 0 Å². The molecule has 0 bridgehead atoms. The van der Waals surface area contributed by atoms with E-state index in [9.17, 15) is 18.4 Å². The fourth-order valence-electron chi connectivity index (χ4n) is 2.99. The minimum atomic E-state index is -0.813. The molecular weight excluding hydrogens is 408 g/mol. The van der Waals surface area contributed by atoms with Crippen molar-refractivity contribution in [3.05, 3.63) is 65.4 Å². The zero-order valence-electron chi connectivity index (χ0n) is 17.7. The van der Waals surface area contributed by atoms with Crippen LogP contribution < -0.4 is 4.74 Å². The molecule has 0 aliphatic heterocycles. The highest BCUT2D eigenvalue weighted by molar-refractivity contribution is 6.03. The first-order chi connectivity index (χ1) is 14.6. The van der Waals surface area contributed by atoms with Crippen LogP contribution in [0.25, 0.3) is 10.9 Å². The lowest BCUT2D eigenvalue weighted by atomic mass is 10.2. The van der Waals surface area contributed by atoms with Crippen molar-refractivity contribution >= 4 is 23.0 Å². The topological polar surface area (TPSA) is 66.8 Å². The Hall–Kier alpha value is -3.42. The highest BCUT2D eigenvalue weighted by atomic mass is 19.1. The second kappa shape index (κ2) is 8.75. The summed E-state index contributed by atoms with van der Waals surface area (Å²) in [7, 11) is 0. The summed E-state index contributed by atoms with van der Waals surface area (Å²) in [5, 5.41) is 0.533. The Bertz CT molecular complexity index is 1130. The number of hydrogen-bond donors (Lipinski definition) is 0. The van der Waals surface area contributed by atoms with Crippen LogP contribution in [0.2, 0.25) is 0 Å². The molecule has 0 saturated heterocycles. The third kappa shape index (κ3) is 5.02. The maximum absolute atomic E-state index is 14.0. The number of hydrogen-bond acceptors (Lipinski definition) is 5. The summed E-state index contributed by atoms with van der Waals surface area (Å²) in [6.07, 6.45) is -0.783. The van der Waals surface area contributed by atoms with Gasteiger partial charge in [0.05, 0.1) is 6.61 Å². The number of para-hydroxylation sites is 1. The van der Waals surface area contributed by atoms with Crippen LogP contribution in [0, 0.1) is 11.6 Å². The van der Waals surface area contributed by atoms with E-state index in [-0.39, 0.29) is 35.7 Å². The Labute approximate surface area is 178 Å². The van der Waals surface area contributed by atoms with E-state index >= 15 is 0 Å². The highest BCUT2D eigenvalue weighted by Crippen LogP contribution is 2.31. The van der Waals surface area contributed by atoms with E-state index < -0.39 is 29.3 Å². The van der Waals surface area contributed by atoms with Gasteiger partial charge in [0, 0.05) is 17.0 Å². The van der Waals surface area contributed by atoms with E-state index in [1.54, 1.807) is 45.9 Å². The number of ether oxygens (including phenoxy) is 3. The number of nitrogens with zero attached hydrogens (tertiary/aromatic N) is 1. The zero-order chi connectivity index (χ0) is 22.8. The molecule has 0 amide bonds. The molecule has 0 spiro atoms. The summed E-state index contributed by atoms with van der Waals surface area (Å²) in [4.78, 5) is 25.5. The first-order valence-electron chi connectivity index (χ1n) is 9.72. The molecule has 0 saturated carbocycles. The zero-order valence-corrected chi connectivity index (χ0v) is 17.7. The molecule has 3 aromatic rings. The Morgan fingerprint density at radius 3 is 2.45 bits per heavy atom. The average Bonchev–Trinajstić information content (AvgIpc) is 3.07. The van der Waals surface area contributed by atoms with E-state index in [0.29, 0.717) is 5.39 Å². The smallest absolute Gasteiger partial charge is 0.419 e. The van der Waals surface area contributed by atoms with Gasteiger partial charge in [0.15, 0.2) is 0 Å². The molecule has 2 aromatic carbocycles. The number of carbonyl (C=O) groups is 2. The normalized spacial score (nSPS) is 11.4. The van der Waals surface area contributed by atoms with Gasteiger partial charge in [0.2, 0.25) is 0 Å².